The van der Waals surface area contributed by atoms with Gasteiger partial charge < -0.3 is 9.80 Å². The lowest BCUT2D eigenvalue weighted by molar-refractivity contribution is -0.136. The van der Waals surface area contributed by atoms with Gasteiger partial charge in [0.1, 0.15) is 6.04 Å². The van der Waals surface area contributed by atoms with Crippen LogP contribution in [0.15, 0.2) is 30.5 Å². The largest absolute Gasteiger partial charge is 0.322 e. The van der Waals surface area contributed by atoms with Gasteiger partial charge in [0.25, 0.3) is 5.91 Å². The number of hydrogen-bond donors (Lipinski definition) is 1. The summed E-state index contributed by atoms with van der Waals surface area (Å²) < 4.78 is 1.92. The van der Waals surface area contributed by atoms with Gasteiger partial charge in [-0.2, -0.15) is 5.10 Å². The van der Waals surface area contributed by atoms with Gasteiger partial charge in [0.2, 0.25) is 11.8 Å². The number of aromatic nitrogens is 2. The fourth-order valence-electron chi connectivity index (χ4n) is 4.76. The minimum Gasteiger partial charge on any atom is -0.322 e. The summed E-state index contributed by atoms with van der Waals surface area (Å²) in [5, 5.41) is 6.85. The molecule has 8 nitrogen and oxygen atoms in total. The molecule has 3 aliphatic rings. The second-order valence-corrected chi connectivity index (χ2v) is 8.54. The monoisotopic (exact) mass is 419 g/mol. The number of amides is 3. The minimum absolute atomic E-state index is 0.152. The van der Waals surface area contributed by atoms with Gasteiger partial charge in [-0.25, -0.2) is 0 Å². The Bertz CT molecular complexity index is 1130. The molecule has 0 bridgehead atoms. The molecule has 1 fully saturated rings. The SMILES string of the molecule is CN1CC=C(c2c(-c3ccc4c(c3)CN(C3CCC(=O)NC3=O)C4=O)cnn2C)CC1. The average Bonchev–Trinajstić information content (AvgIpc) is 3.28. The Labute approximate surface area is 180 Å². The van der Waals surface area contributed by atoms with Crippen LogP contribution in [-0.4, -0.2) is 63.5 Å². The van der Waals surface area contributed by atoms with Crippen LogP contribution in [-0.2, 0) is 23.2 Å². The number of rotatable bonds is 3. The van der Waals surface area contributed by atoms with Crippen molar-refractivity contribution in [2.75, 3.05) is 20.1 Å². The highest BCUT2D eigenvalue weighted by atomic mass is 16.2. The van der Waals surface area contributed by atoms with Crippen molar-refractivity contribution in [1.82, 2.24) is 24.9 Å². The van der Waals surface area contributed by atoms with Crippen molar-refractivity contribution in [2.24, 2.45) is 7.05 Å². The molecule has 1 atom stereocenters. The molecule has 2 aromatic rings. The first-order chi connectivity index (χ1) is 14.9. The number of aryl methyl sites for hydroxylation is 1. The molecule has 1 N–H and O–H groups in total. The number of carbonyl (C=O) groups is 3. The van der Waals surface area contributed by atoms with E-state index in [1.54, 1.807) is 4.90 Å². The highest BCUT2D eigenvalue weighted by Gasteiger charge is 2.39. The van der Waals surface area contributed by atoms with Gasteiger partial charge in [-0.3, -0.25) is 24.4 Å². The summed E-state index contributed by atoms with van der Waals surface area (Å²) in [6, 6.07) is 5.24. The Morgan fingerprint density at radius 1 is 1.10 bits per heavy atom. The van der Waals surface area contributed by atoms with Gasteiger partial charge in [-0.05, 0) is 48.7 Å². The molecule has 1 unspecified atom stereocenters. The Kier molecular flexibility index (Phi) is 4.74. The first-order valence-corrected chi connectivity index (χ1v) is 10.6. The number of piperidine rings is 1. The number of benzene rings is 1. The summed E-state index contributed by atoms with van der Waals surface area (Å²) in [5.41, 5.74) is 5.98. The van der Waals surface area contributed by atoms with Crippen LogP contribution in [0, 0.1) is 0 Å². The lowest BCUT2D eigenvalue weighted by Crippen LogP contribution is -2.52. The highest BCUT2D eigenvalue weighted by Crippen LogP contribution is 2.35. The van der Waals surface area contributed by atoms with Gasteiger partial charge in [-0.1, -0.05) is 12.1 Å². The van der Waals surface area contributed by atoms with Gasteiger partial charge in [0.15, 0.2) is 0 Å². The lowest BCUT2D eigenvalue weighted by Gasteiger charge is -2.29. The minimum atomic E-state index is -0.598. The van der Waals surface area contributed by atoms with Crippen LogP contribution in [0.2, 0.25) is 0 Å². The van der Waals surface area contributed by atoms with Crippen molar-refractivity contribution >= 4 is 23.3 Å². The number of fused-ring (bicyclic) bond motifs is 1. The standard InChI is InChI=1S/C23H25N5O3/c1-26-9-7-14(8-10-26)21-18(12-24-27(21)2)15-3-4-17-16(11-15)13-28(23(17)31)19-5-6-20(29)25-22(19)30/h3-4,7,11-12,19H,5-6,8-10,13H2,1-2H3,(H,25,29,30). The predicted molar refractivity (Wildman–Crippen MR) is 115 cm³/mol. The number of nitrogens with one attached hydrogen (secondary N) is 1. The smallest absolute Gasteiger partial charge is 0.255 e. The maximum Gasteiger partial charge on any atom is 0.255 e. The van der Waals surface area contributed by atoms with E-state index in [9.17, 15) is 14.4 Å². The normalized spacial score (nSPS) is 21.9. The molecule has 1 saturated heterocycles. The van der Waals surface area contributed by atoms with E-state index in [1.807, 2.05) is 36.1 Å². The molecule has 0 radical (unpaired) electrons. The van der Waals surface area contributed by atoms with Crippen LogP contribution in [0.1, 0.15) is 40.9 Å². The van der Waals surface area contributed by atoms with Crippen LogP contribution < -0.4 is 5.32 Å². The molecule has 0 spiro atoms. The fourth-order valence-corrected chi connectivity index (χ4v) is 4.76. The van der Waals surface area contributed by atoms with E-state index in [4.69, 9.17) is 0 Å². The molecule has 3 amide bonds. The van der Waals surface area contributed by atoms with Crippen LogP contribution >= 0.6 is 0 Å². The second kappa shape index (κ2) is 7.46. The summed E-state index contributed by atoms with van der Waals surface area (Å²) in [6.45, 7) is 2.30. The molecule has 31 heavy (non-hydrogen) atoms. The van der Waals surface area contributed by atoms with E-state index in [0.29, 0.717) is 18.5 Å². The van der Waals surface area contributed by atoms with Crippen molar-refractivity contribution in [3.05, 3.63) is 47.3 Å². The van der Waals surface area contributed by atoms with Crippen molar-refractivity contribution in [1.29, 1.82) is 0 Å². The van der Waals surface area contributed by atoms with E-state index in [1.165, 1.54) is 5.57 Å². The zero-order chi connectivity index (χ0) is 21.7. The summed E-state index contributed by atoms with van der Waals surface area (Å²) in [6.07, 6.45) is 5.73. The molecule has 0 saturated carbocycles. The lowest BCUT2D eigenvalue weighted by atomic mass is 9.95. The van der Waals surface area contributed by atoms with Gasteiger partial charge in [-0.15, -0.1) is 0 Å². The number of imide groups is 1. The second-order valence-electron chi connectivity index (χ2n) is 8.54. The first-order valence-electron chi connectivity index (χ1n) is 10.6. The van der Waals surface area contributed by atoms with Crippen LogP contribution in [0.5, 0.6) is 0 Å². The first kappa shape index (κ1) is 19.7. The molecule has 160 valence electrons. The third kappa shape index (κ3) is 3.37. The molecule has 8 heteroatoms. The van der Waals surface area contributed by atoms with Gasteiger partial charge >= 0.3 is 0 Å². The topological polar surface area (TPSA) is 87.5 Å². The van der Waals surface area contributed by atoms with E-state index < -0.39 is 6.04 Å². The molecular formula is C23H25N5O3. The van der Waals surface area contributed by atoms with Crippen molar-refractivity contribution in [3.8, 4) is 11.1 Å². The maximum absolute atomic E-state index is 13.0. The van der Waals surface area contributed by atoms with Crippen LogP contribution in [0.25, 0.3) is 16.7 Å². The molecule has 1 aromatic heterocycles. The summed E-state index contributed by atoms with van der Waals surface area (Å²) in [4.78, 5) is 40.6. The average molecular weight is 419 g/mol. The van der Waals surface area contributed by atoms with E-state index >= 15 is 0 Å². The quantitative estimate of drug-likeness (QED) is 0.763. The Hall–Kier alpha value is -3.26. The summed E-state index contributed by atoms with van der Waals surface area (Å²) in [5.74, 6) is -0.818. The number of nitrogens with zero attached hydrogens (tertiary/aromatic N) is 4. The number of likely N-dealkylation sites (N-methyl/N-ethyl adjacent to an activating group) is 1. The Morgan fingerprint density at radius 3 is 2.68 bits per heavy atom. The fraction of sp³-hybridized carbons (Fsp3) is 0.391. The Morgan fingerprint density at radius 2 is 1.94 bits per heavy atom. The predicted octanol–water partition coefficient (Wildman–Crippen LogP) is 1.57. The van der Waals surface area contributed by atoms with Gasteiger partial charge in [0.05, 0.1) is 11.9 Å². The molecule has 5 rings (SSSR count). The summed E-state index contributed by atoms with van der Waals surface area (Å²) in [7, 11) is 4.07. The van der Waals surface area contributed by atoms with E-state index in [2.05, 4.69) is 28.4 Å². The number of carbonyl (C=O) groups excluding carboxylic acids is 3. The van der Waals surface area contributed by atoms with Crippen LogP contribution in [0.3, 0.4) is 0 Å². The Balaban J connectivity index is 1.46. The van der Waals surface area contributed by atoms with Crippen LogP contribution in [0.4, 0.5) is 0 Å². The molecular weight excluding hydrogens is 394 g/mol. The third-order valence-electron chi connectivity index (χ3n) is 6.49. The van der Waals surface area contributed by atoms with Crippen molar-refractivity contribution in [2.45, 2.75) is 31.8 Å². The van der Waals surface area contributed by atoms with E-state index in [0.717, 1.165) is 41.9 Å². The zero-order valence-electron chi connectivity index (χ0n) is 17.7. The molecule has 1 aromatic carbocycles. The summed E-state index contributed by atoms with van der Waals surface area (Å²) >= 11 is 0. The molecule has 3 aliphatic heterocycles. The number of hydrogen-bond acceptors (Lipinski definition) is 5. The molecule has 0 aliphatic carbocycles. The van der Waals surface area contributed by atoms with Crippen molar-refractivity contribution in [3.63, 3.8) is 0 Å². The third-order valence-corrected chi connectivity index (χ3v) is 6.49. The maximum atomic E-state index is 13.0. The zero-order valence-corrected chi connectivity index (χ0v) is 17.7. The van der Waals surface area contributed by atoms with Crippen molar-refractivity contribution < 1.29 is 14.4 Å². The van der Waals surface area contributed by atoms with E-state index in [-0.39, 0.29) is 24.1 Å². The molecule has 4 heterocycles. The van der Waals surface area contributed by atoms with Gasteiger partial charge in [0, 0.05) is 44.2 Å². The highest BCUT2D eigenvalue weighted by molar-refractivity contribution is 6.05.